The van der Waals surface area contributed by atoms with Crippen LogP contribution in [0, 0.1) is 0 Å². The summed E-state index contributed by atoms with van der Waals surface area (Å²) in [6, 6.07) is 15.3. The second kappa shape index (κ2) is 6.95. The fourth-order valence-electron chi connectivity index (χ4n) is 1.55. The van der Waals surface area contributed by atoms with E-state index in [4.69, 9.17) is 16.3 Å². The molecule has 98 valence electrons. The minimum Gasteiger partial charge on any atom is -0.494 e. The Labute approximate surface area is 118 Å². The number of hydrogen-bond acceptors (Lipinski definition) is 2. The van der Waals surface area contributed by atoms with E-state index in [0.29, 0.717) is 0 Å². The third-order valence-electron chi connectivity index (χ3n) is 2.54. The standard InChI is InChI=1S/C16H16ClNO/c1-2-11-19-16-9-3-13(4-10-16)12-18-15-7-5-14(17)6-8-15/h3-10,12H,2,11H2,1H3. The van der Waals surface area contributed by atoms with E-state index in [1.807, 2.05) is 54.7 Å². The van der Waals surface area contributed by atoms with Gasteiger partial charge in [-0.3, -0.25) is 4.99 Å². The number of halogens is 1. The summed E-state index contributed by atoms with van der Waals surface area (Å²) in [5.74, 6) is 0.894. The monoisotopic (exact) mass is 273 g/mol. The molecule has 0 aliphatic heterocycles. The van der Waals surface area contributed by atoms with Crippen LogP contribution in [0.1, 0.15) is 18.9 Å². The third kappa shape index (κ3) is 4.42. The maximum absolute atomic E-state index is 5.82. The number of hydrogen-bond donors (Lipinski definition) is 0. The first-order chi connectivity index (χ1) is 9.28. The van der Waals surface area contributed by atoms with Crippen molar-refractivity contribution in [3.63, 3.8) is 0 Å². The van der Waals surface area contributed by atoms with Crippen LogP contribution in [-0.2, 0) is 0 Å². The Bertz CT molecular complexity index is 532. The Kier molecular flexibility index (Phi) is 4.99. The highest BCUT2D eigenvalue weighted by molar-refractivity contribution is 6.30. The van der Waals surface area contributed by atoms with Gasteiger partial charge in [-0.1, -0.05) is 18.5 Å². The average molecular weight is 274 g/mol. The van der Waals surface area contributed by atoms with Gasteiger partial charge in [0.05, 0.1) is 12.3 Å². The van der Waals surface area contributed by atoms with Crippen molar-refractivity contribution < 1.29 is 4.74 Å². The molecule has 0 heterocycles. The maximum atomic E-state index is 5.82. The van der Waals surface area contributed by atoms with Gasteiger partial charge in [0.15, 0.2) is 0 Å². The highest BCUT2D eigenvalue weighted by atomic mass is 35.5. The molecule has 2 aromatic rings. The van der Waals surface area contributed by atoms with Gasteiger partial charge in [-0.15, -0.1) is 0 Å². The summed E-state index contributed by atoms with van der Waals surface area (Å²) in [4.78, 5) is 4.38. The van der Waals surface area contributed by atoms with Gasteiger partial charge in [-0.2, -0.15) is 0 Å². The minimum absolute atomic E-state index is 0.719. The molecule has 3 heteroatoms. The number of nitrogens with zero attached hydrogens (tertiary/aromatic N) is 1. The van der Waals surface area contributed by atoms with E-state index >= 15 is 0 Å². The molecule has 0 atom stereocenters. The molecular weight excluding hydrogens is 258 g/mol. The fraction of sp³-hybridized carbons (Fsp3) is 0.188. The summed E-state index contributed by atoms with van der Waals surface area (Å²) in [5.41, 5.74) is 1.93. The van der Waals surface area contributed by atoms with Crippen molar-refractivity contribution in [1.29, 1.82) is 0 Å². The topological polar surface area (TPSA) is 21.6 Å². The molecule has 0 saturated heterocycles. The quantitative estimate of drug-likeness (QED) is 0.712. The van der Waals surface area contributed by atoms with Crippen molar-refractivity contribution in [3.8, 4) is 5.75 Å². The zero-order valence-corrected chi connectivity index (χ0v) is 11.6. The van der Waals surface area contributed by atoms with Gasteiger partial charge in [0.2, 0.25) is 0 Å². The van der Waals surface area contributed by atoms with Crippen LogP contribution in [0.4, 0.5) is 5.69 Å². The lowest BCUT2D eigenvalue weighted by Gasteiger charge is -2.03. The highest BCUT2D eigenvalue weighted by Crippen LogP contribution is 2.17. The molecule has 0 N–H and O–H groups in total. The summed E-state index contributed by atoms with van der Waals surface area (Å²) in [7, 11) is 0. The molecule has 0 saturated carbocycles. The van der Waals surface area contributed by atoms with Crippen molar-refractivity contribution in [2.75, 3.05) is 6.61 Å². The summed E-state index contributed by atoms with van der Waals surface area (Å²) in [6.45, 7) is 2.84. The van der Waals surface area contributed by atoms with E-state index in [-0.39, 0.29) is 0 Å². The lowest BCUT2D eigenvalue weighted by atomic mass is 10.2. The molecule has 0 spiro atoms. The molecule has 0 aromatic heterocycles. The summed E-state index contributed by atoms with van der Waals surface area (Å²) in [5, 5.41) is 0.719. The van der Waals surface area contributed by atoms with E-state index in [0.717, 1.165) is 35.1 Å². The predicted octanol–water partition coefficient (Wildman–Crippen LogP) is 4.88. The zero-order chi connectivity index (χ0) is 13.5. The van der Waals surface area contributed by atoms with Gasteiger partial charge < -0.3 is 4.74 Å². The molecule has 0 aliphatic rings. The van der Waals surface area contributed by atoms with E-state index in [1.54, 1.807) is 0 Å². The van der Waals surface area contributed by atoms with E-state index in [9.17, 15) is 0 Å². The molecule has 19 heavy (non-hydrogen) atoms. The minimum atomic E-state index is 0.719. The smallest absolute Gasteiger partial charge is 0.119 e. The Morgan fingerprint density at radius 1 is 1.05 bits per heavy atom. The van der Waals surface area contributed by atoms with Gasteiger partial charge in [0.1, 0.15) is 5.75 Å². The molecule has 0 bridgehead atoms. The lowest BCUT2D eigenvalue weighted by molar-refractivity contribution is 0.317. The van der Waals surface area contributed by atoms with Crippen molar-refractivity contribution in [1.82, 2.24) is 0 Å². The highest BCUT2D eigenvalue weighted by Gasteiger charge is 1.93. The first-order valence-corrected chi connectivity index (χ1v) is 6.68. The zero-order valence-electron chi connectivity index (χ0n) is 10.8. The Morgan fingerprint density at radius 3 is 2.37 bits per heavy atom. The van der Waals surface area contributed by atoms with Gasteiger partial charge in [-0.05, 0) is 60.5 Å². The molecule has 2 nitrogen and oxygen atoms in total. The van der Waals surface area contributed by atoms with Gasteiger partial charge in [0, 0.05) is 11.2 Å². The van der Waals surface area contributed by atoms with E-state index in [1.165, 1.54) is 0 Å². The van der Waals surface area contributed by atoms with Crippen LogP contribution in [0.2, 0.25) is 5.02 Å². The molecule has 0 aliphatic carbocycles. The van der Waals surface area contributed by atoms with Crippen LogP contribution in [0.3, 0.4) is 0 Å². The van der Waals surface area contributed by atoms with Gasteiger partial charge >= 0.3 is 0 Å². The number of benzene rings is 2. The second-order valence-corrected chi connectivity index (χ2v) is 4.59. The van der Waals surface area contributed by atoms with Gasteiger partial charge in [0.25, 0.3) is 0 Å². The van der Waals surface area contributed by atoms with Crippen molar-refractivity contribution in [2.24, 2.45) is 4.99 Å². The number of ether oxygens (including phenoxy) is 1. The van der Waals surface area contributed by atoms with Crippen LogP contribution in [0.25, 0.3) is 0 Å². The van der Waals surface area contributed by atoms with E-state index in [2.05, 4.69) is 11.9 Å². The van der Waals surface area contributed by atoms with Crippen LogP contribution in [-0.4, -0.2) is 12.8 Å². The molecule has 0 radical (unpaired) electrons. The summed E-state index contributed by atoms with van der Waals surface area (Å²) < 4.78 is 5.53. The van der Waals surface area contributed by atoms with Crippen molar-refractivity contribution >= 4 is 23.5 Å². The molecule has 0 unspecified atom stereocenters. The first-order valence-electron chi connectivity index (χ1n) is 6.30. The molecule has 2 rings (SSSR count). The fourth-order valence-corrected chi connectivity index (χ4v) is 1.67. The average Bonchev–Trinajstić information content (AvgIpc) is 2.46. The largest absolute Gasteiger partial charge is 0.494 e. The van der Waals surface area contributed by atoms with Crippen LogP contribution >= 0.6 is 11.6 Å². The predicted molar refractivity (Wildman–Crippen MR) is 80.9 cm³/mol. The SMILES string of the molecule is CCCOc1ccc(C=Nc2ccc(Cl)cc2)cc1. The maximum Gasteiger partial charge on any atom is 0.119 e. The van der Waals surface area contributed by atoms with Crippen LogP contribution < -0.4 is 4.74 Å². The Balaban J connectivity index is 2.00. The van der Waals surface area contributed by atoms with E-state index < -0.39 is 0 Å². The first kappa shape index (κ1) is 13.6. The summed E-state index contributed by atoms with van der Waals surface area (Å²) in [6.07, 6.45) is 2.84. The Hall–Kier alpha value is -1.80. The number of rotatable bonds is 5. The molecule has 0 amide bonds. The van der Waals surface area contributed by atoms with Crippen molar-refractivity contribution in [3.05, 3.63) is 59.1 Å². The number of aliphatic imine (C=N–C) groups is 1. The lowest BCUT2D eigenvalue weighted by Crippen LogP contribution is -1.94. The van der Waals surface area contributed by atoms with Gasteiger partial charge in [-0.25, -0.2) is 0 Å². The normalized spacial score (nSPS) is 10.8. The second-order valence-electron chi connectivity index (χ2n) is 4.15. The van der Waals surface area contributed by atoms with Crippen LogP contribution in [0.5, 0.6) is 5.75 Å². The molecular formula is C16H16ClNO. The Morgan fingerprint density at radius 2 is 1.74 bits per heavy atom. The summed E-state index contributed by atoms with van der Waals surface area (Å²) >= 11 is 5.82. The molecule has 2 aromatic carbocycles. The molecule has 0 fully saturated rings. The third-order valence-corrected chi connectivity index (χ3v) is 2.79. The van der Waals surface area contributed by atoms with Crippen LogP contribution in [0.15, 0.2) is 53.5 Å². The van der Waals surface area contributed by atoms with Crippen molar-refractivity contribution in [2.45, 2.75) is 13.3 Å².